The normalized spacial score (nSPS) is 10.8. The molecular weight excluding hydrogens is 128 g/mol. The highest BCUT2D eigenvalue weighted by Crippen LogP contribution is 1.96. The SMILES string of the molecule is CCNC(=O)NC(C)(C)C. The maximum atomic E-state index is 10.8. The third-order valence-electron chi connectivity index (χ3n) is 0.826. The molecule has 60 valence electrons. The van der Waals surface area contributed by atoms with Crippen LogP contribution in [0.3, 0.4) is 0 Å². The molecule has 0 saturated heterocycles. The average Bonchev–Trinajstić information content (AvgIpc) is 1.59. The van der Waals surface area contributed by atoms with Gasteiger partial charge in [0.25, 0.3) is 0 Å². The summed E-state index contributed by atoms with van der Waals surface area (Å²) in [6, 6.07) is -0.102. The van der Waals surface area contributed by atoms with Crippen LogP contribution in [-0.4, -0.2) is 18.1 Å². The van der Waals surface area contributed by atoms with E-state index in [0.29, 0.717) is 6.54 Å². The molecule has 2 N–H and O–H groups in total. The van der Waals surface area contributed by atoms with Crippen LogP contribution in [0.25, 0.3) is 0 Å². The Bertz CT molecular complexity index is 115. The summed E-state index contributed by atoms with van der Waals surface area (Å²) in [5.41, 5.74) is -0.140. The summed E-state index contributed by atoms with van der Waals surface area (Å²) in [6.45, 7) is 8.40. The zero-order valence-electron chi connectivity index (χ0n) is 7.12. The third-order valence-corrected chi connectivity index (χ3v) is 0.826. The standard InChI is InChI=1S/C7H16N2O/c1-5-8-6(10)9-7(2,3)4/h5H2,1-4H3,(H2,8,9,10). The van der Waals surface area contributed by atoms with E-state index in [1.165, 1.54) is 0 Å². The summed E-state index contributed by atoms with van der Waals surface area (Å²) in [7, 11) is 0. The van der Waals surface area contributed by atoms with Gasteiger partial charge in [0.05, 0.1) is 0 Å². The second-order valence-corrected chi connectivity index (χ2v) is 3.23. The van der Waals surface area contributed by atoms with Crippen molar-refractivity contribution in [1.82, 2.24) is 10.6 Å². The maximum absolute atomic E-state index is 10.8. The number of rotatable bonds is 1. The summed E-state index contributed by atoms with van der Waals surface area (Å²) in [4.78, 5) is 10.8. The van der Waals surface area contributed by atoms with Crippen LogP contribution in [0.5, 0.6) is 0 Å². The fourth-order valence-electron chi connectivity index (χ4n) is 0.545. The van der Waals surface area contributed by atoms with Gasteiger partial charge >= 0.3 is 6.03 Å². The first-order chi connectivity index (χ1) is 4.45. The summed E-state index contributed by atoms with van der Waals surface area (Å²) in [6.07, 6.45) is 0. The lowest BCUT2D eigenvalue weighted by Gasteiger charge is -2.20. The molecule has 0 aromatic heterocycles. The van der Waals surface area contributed by atoms with Gasteiger partial charge in [-0.15, -0.1) is 0 Å². The Morgan fingerprint density at radius 2 is 1.90 bits per heavy atom. The number of hydrogen-bond acceptors (Lipinski definition) is 1. The van der Waals surface area contributed by atoms with Gasteiger partial charge in [0.1, 0.15) is 0 Å². The van der Waals surface area contributed by atoms with Crippen LogP contribution in [0.1, 0.15) is 27.7 Å². The number of amides is 2. The molecule has 0 rings (SSSR count). The van der Waals surface area contributed by atoms with Crippen molar-refractivity contribution >= 4 is 6.03 Å². The van der Waals surface area contributed by atoms with E-state index in [-0.39, 0.29) is 11.6 Å². The van der Waals surface area contributed by atoms with Gasteiger partial charge < -0.3 is 10.6 Å². The Balaban J connectivity index is 3.58. The summed E-state index contributed by atoms with van der Waals surface area (Å²) in [5, 5.41) is 5.42. The topological polar surface area (TPSA) is 41.1 Å². The number of urea groups is 1. The molecule has 0 aromatic carbocycles. The molecule has 0 heterocycles. The van der Waals surface area contributed by atoms with E-state index in [2.05, 4.69) is 10.6 Å². The van der Waals surface area contributed by atoms with Gasteiger partial charge in [-0.25, -0.2) is 4.79 Å². The summed E-state index contributed by atoms with van der Waals surface area (Å²) in [5.74, 6) is 0. The monoisotopic (exact) mass is 144 g/mol. The number of carbonyl (C=O) groups excluding carboxylic acids is 1. The molecule has 0 spiro atoms. The molecule has 3 heteroatoms. The molecule has 0 aromatic rings. The molecule has 0 atom stereocenters. The maximum Gasteiger partial charge on any atom is 0.315 e. The van der Waals surface area contributed by atoms with Crippen molar-refractivity contribution in [2.24, 2.45) is 0 Å². The van der Waals surface area contributed by atoms with Gasteiger partial charge in [-0.3, -0.25) is 0 Å². The largest absolute Gasteiger partial charge is 0.338 e. The van der Waals surface area contributed by atoms with Gasteiger partial charge in [-0.1, -0.05) is 0 Å². The van der Waals surface area contributed by atoms with Crippen molar-refractivity contribution in [3.63, 3.8) is 0 Å². The molecule has 10 heavy (non-hydrogen) atoms. The molecule has 0 aliphatic carbocycles. The molecular formula is C7H16N2O. The van der Waals surface area contributed by atoms with Crippen LogP contribution in [0.4, 0.5) is 4.79 Å². The van der Waals surface area contributed by atoms with Crippen molar-refractivity contribution < 1.29 is 4.79 Å². The Morgan fingerprint density at radius 1 is 1.40 bits per heavy atom. The molecule has 0 aliphatic rings. The highest BCUT2D eigenvalue weighted by atomic mass is 16.2. The van der Waals surface area contributed by atoms with E-state index < -0.39 is 0 Å². The van der Waals surface area contributed by atoms with Gasteiger partial charge in [0, 0.05) is 12.1 Å². The highest BCUT2D eigenvalue weighted by Gasteiger charge is 2.11. The molecule has 2 amide bonds. The fraction of sp³-hybridized carbons (Fsp3) is 0.857. The molecule has 0 fully saturated rings. The van der Waals surface area contributed by atoms with Gasteiger partial charge in [0.15, 0.2) is 0 Å². The zero-order chi connectivity index (χ0) is 8.20. The quantitative estimate of drug-likeness (QED) is 0.568. The lowest BCUT2D eigenvalue weighted by molar-refractivity contribution is 0.232. The second kappa shape index (κ2) is 3.44. The first kappa shape index (κ1) is 9.27. The minimum atomic E-state index is -0.140. The second-order valence-electron chi connectivity index (χ2n) is 3.23. The minimum Gasteiger partial charge on any atom is -0.338 e. The highest BCUT2D eigenvalue weighted by molar-refractivity contribution is 5.74. The van der Waals surface area contributed by atoms with Crippen LogP contribution in [0.2, 0.25) is 0 Å². The van der Waals surface area contributed by atoms with Gasteiger partial charge in [-0.05, 0) is 27.7 Å². The van der Waals surface area contributed by atoms with E-state index in [0.717, 1.165) is 0 Å². The number of nitrogens with one attached hydrogen (secondary N) is 2. The van der Waals surface area contributed by atoms with Crippen molar-refractivity contribution in [2.75, 3.05) is 6.54 Å². The van der Waals surface area contributed by atoms with Crippen molar-refractivity contribution in [1.29, 1.82) is 0 Å². The summed E-state index contributed by atoms with van der Waals surface area (Å²) >= 11 is 0. The predicted molar refractivity (Wildman–Crippen MR) is 42.0 cm³/mol. The third kappa shape index (κ3) is 5.41. The van der Waals surface area contributed by atoms with E-state index >= 15 is 0 Å². The molecule has 0 aliphatic heterocycles. The Hall–Kier alpha value is -0.730. The molecule has 3 nitrogen and oxygen atoms in total. The Kier molecular flexibility index (Phi) is 3.19. The van der Waals surface area contributed by atoms with Crippen LogP contribution >= 0.6 is 0 Å². The smallest absolute Gasteiger partial charge is 0.315 e. The Morgan fingerprint density at radius 3 is 2.20 bits per heavy atom. The van der Waals surface area contributed by atoms with Crippen LogP contribution in [0, 0.1) is 0 Å². The van der Waals surface area contributed by atoms with Crippen molar-refractivity contribution in [3.8, 4) is 0 Å². The van der Waals surface area contributed by atoms with E-state index in [1.807, 2.05) is 27.7 Å². The molecule has 0 unspecified atom stereocenters. The van der Waals surface area contributed by atoms with Crippen LogP contribution in [0.15, 0.2) is 0 Å². The van der Waals surface area contributed by atoms with E-state index in [9.17, 15) is 4.79 Å². The number of carbonyl (C=O) groups is 1. The molecule has 0 radical (unpaired) electrons. The van der Waals surface area contributed by atoms with E-state index in [4.69, 9.17) is 0 Å². The summed E-state index contributed by atoms with van der Waals surface area (Å²) < 4.78 is 0. The lowest BCUT2D eigenvalue weighted by Crippen LogP contribution is -2.46. The van der Waals surface area contributed by atoms with Crippen LogP contribution in [-0.2, 0) is 0 Å². The Labute approximate surface area is 62.2 Å². The van der Waals surface area contributed by atoms with Crippen molar-refractivity contribution in [3.05, 3.63) is 0 Å². The minimum absolute atomic E-state index is 0.102. The number of hydrogen-bond donors (Lipinski definition) is 2. The predicted octanol–water partition coefficient (Wildman–Crippen LogP) is 1.10. The first-order valence-electron chi connectivity index (χ1n) is 3.51. The van der Waals surface area contributed by atoms with Crippen molar-refractivity contribution in [2.45, 2.75) is 33.2 Å². The van der Waals surface area contributed by atoms with Gasteiger partial charge in [-0.2, -0.15) is 0 Å². The van der Waals surface area contributed by atoms with Gasteiger partial charge in [0.2, 0.25) is 0 Å². The lowest BCUT2D eigenvalue weighted by atomic mass is 10.1. The first-order valence-corrected chi connectivity index (χ1v) is 3.51. The van der Waals surface area contributed by atoms with E-state index in [1.54, 1.807) is 0 Å². The average molecular weight is 144 g/mol. The molecule has 0 saturated carbocycles. The molecule has 0 bridgehead atoms. The van der Waals surface area contributed by atoms with Crippen LogP contribution < -0.4 is 10.6 Å². The fourth-order valence-corrected chi connectivity index (χ4v) is 0.545. The zero-order valence-corrected chi connectivity index (χ0v) is 7.12.